The first-order chi connectivity index (χ1) is 8.21. The number of rotatable bonds is 7. The van der Waals surface area contributed by atoms with Crippen molar-refractivity contribution in [2.45, 2.75) is 52.5 Å². The molecule has 0 heterocycles. The van der Waals surface area contributed by atoms with Crippen molar-refractivity contribution in [2.24, 2.45) is 11.8 Å². The van der Waals surface area contributed by atoms with E-state index < -0.39 is 0 Å². The molecule has 1 aromatic rings. The van der Waals surface area contributed by atoms with Crippen LogP contribution in [0.3, 0.4) is 0 Å². The Morgan fingerprint density at radius 3 is 2.18 bits per heavy atom. The lowest BCUT2D eigenvalue weighted by molar-refractivity contribution is 0.321. The molecule has 17 heavy (non-hydrogen) atoms. The summed E-state index contributed by atoms with van der Waals surface area (Å²) in [7, 11) is 0. The first-order valence-electron chi connectivity index (χ1n) is 6.72. The molecule has 0 saturated carbocycles. The molecule has 2 nitrogen and oxygen atoms in total. The molecular weight excluding hydrogens is 208 g/mol. The van der Waals surface area contributed by atoms with Crippen molar-refractivity contribution in [1.82, 2.24) is 5.43 Å². The van der Waals surface area contributed by atoms with Crippen LogP contribution in [0.1, 0.15) is 44.2 Å². The number of hydrogen-bond acceptors (Lipinski definition) is 2. The van der Waals surface area contributed by atoms with E-state index in [1.54, 1.807) is 0 Å². The molecule has 96 valence electrons. The van der Waals surface area contributed by atoms with Crippen LogP contribution in [-0.2, 0) is 6.42 Å². The van der Waals surface area contributed by atoms with Gasteiger partial charge in [0.2, 0.25) is 0 Å². The van der Waals surface area contributed by atoms with Crippen LogP contribution in [-0.4, -0.2) is 6.04 Å². The topological polar surface area (TPSA) is 38.0 Å². The molecule has 3 N–H and O–H groups in total. The van der Waals surface area contributed by atoms with E-state index in [1.807, 2.05) is 0 Å². The molecule has 1 atom stereocenters. The summed E-state index contributed by atoms with van der Waals surface area (Å²) >= 11 is 0. The fourth-order valence-corrected chi connectivity index (χ4v) is 2.39. The van der Waals surface area contributed by atoms with Gasteiger partial charge >= 0.3 is 0 Å². The molecule has 1 aromatic carbocycles. The van der Waals surface area contributed by atoms with Crippen LogP contribution in [0.15, 0.2) is 24.3 Å². The lowest BCUT2D eigenvalue weighted by Crippen LogP contribution is -2.40. The summed E-state index contributed by atoms with van der Waals surface area (Å²) in [5.41, 5.74) is 5.71. The zero-order chi connectivity index (χ0) is 12.7. The van der Waals surface area contributed by atoms with Crippen molar-refractivity contribution in [3.05, 3.63) is 35.4 Å². The molecule has 0 aliphatic carbocycles. The van der Waals surface area contributed by atoms with Crippen molar-refractivity contribution in [1.29, 1.82) is 0 Å². The van der Waals surface area contributed by atoms with Gasteiger partial charge in [-0.2, -0.15) is 0 Å². The molecule has 0 aliphatic heterocycles. The SMILES string of the molecule is CCC(CC)C(CCc1ccc(C)cc1)NN. The van der Waals surface area contributed by atoms with Crippen LogP contribution in [0.2, 0.25) is 0 Å². The number of hydrazine groups is 1. The van der Waals surface area contributed by atoms with Crippen molar-refractivity contribution in [3.63, 3.8) is 0 Å². The van der Waals surface area contributed by atoms with E-state index in [0.717, 1.165) is 12.8 Å². The molecule has 1 unspecified atom stereocenters. The van der Waals surface area contributed by atoms with Crippen molar-refractivity contribution < 1.29 is 0 Å². The first kappa shape index (κ1) is 14.2. The van der Waals surface area contributed by atoms with Crippen LogP contribution in [0, 0.1) is 12.8 Å². The van der Waals surface area contributed by atoms with Gasteiger partial charge in [-0.3, -0.25) is 11.3 Å². The normalized spacial score (nSPS) is 13.0. The number of hydrogen-bond donors (Lipinski definition) is 2. The quantitative estimate of drug-likeness (QED) is 0.561. The van der Waals surface area contributed by atoms with Crippen LogP contribution in [0.4, 0.5) is 0 Å². The first-order valence-corrected chi connectivity index (χ1v) is 6.72. The van der Waals surface area contributed by atoms with Gasteiger partial charge in [-0.1, -0.05) is 56.5 Å². The Labute approximate surface area is 106 Å². The van der Waals surface area contributed by atoms with Crippen molar-refractivity contribution in [3.8, 4) is 0 Å². The maximum atomic E-state index is 5.66. The van der Waals surface area contributed by atoms with E-state index >= 15 is 0 Å². The Hall–Kier alpha value is -0.860. The number of aryl methyl sites for hydroxylation is 2. The van der Waals surface area contributed by atoms with E-state index in [-0.39, 0.29) is 0 Å². The third-order valence-corrected chi connectivity index (χ3v) is 3.70. The Bertz CT molecular complexity index is 301. The van der Waals surface area contributed by atoms with Gasteiger partial charge in [0.05, 0.1) is 0 Å². The van der Waals surface area contributed by atoms with Crippen molar-refractivity contribution in [2.75, 3.05) is 0 Å². The number of nitrogens with one attached hydrogen (secondary N) is 1. The minimum atomic E-state index is 0.436. The minimum Gasteiger partial charge on any atom is -0.271 e. The maximum Gasteiger partial charge on any atom is 0.0241 e. The van der Waals surface area contributed by atoms with E-state index in [1.165, 1.54) is 24.0 Å². The lowest BCUT2D eigenvalue weighted by atomic mass is 9.90. The fourth-order valence-electron chi connectivity index (χ4n) is 2.39. The van der Waals surface area contributed by atoms with Gasteiger partial charge in [0.25, 0.3) is 0 Å². The van der Waals surface area contributed by atoms with Gasteiger partial charge in [0.1, 0.15) is 0 Å². The minimum absolute atomic E-state index is 0.436. The van der Waals surface area contributed by atoms with Gasteiger partial charge in [0, 0.05) is 6.04 Å². The molecule has 2 heteroatoms. The molecule has 0 bridgehead atoms. The van der Waals surface area contributed by atoms with Crippen LogP contribution < -0.4 is 11.3 Å². The molecule has 0 aliphatic rings. The number of benzene rings is 1. The largest absolute Gasteiger partial charge is 0.271 e. The van der Waals surface area contributed by atoms with E-state index in [2.05, 4.69) is 50.5 Å². The third-order valence-electron chi connectivity index (χ3n) is 3.70. The Morgan fingerprint density at radius 1 is 1.12 bits per heavy atom. The van der Waals surface area contributed by atoms with Crippen LogP contribution >= 0.6 is 0 Å². The highest BCUT2D eigenvalue weighted by Crippen LogP contribution is 2.17. The molecule has 0 saturated heterocycles. The van der Waals surface area contributed by atoms with E-state index in [0.29, 0.717) is 12.0 Å². The highest BCUT2D eigenvalue weighted by molar-refractivity contribution is 5.21. The zero-order valence-electron chi connectivity index (χ0n) is 11.4. The van der Waals surface area contributed by atoms with Gasteiger partial charge in [0.15, 0.2) is 0 Å². The summed E-state index contributed by atoms with van der Waals surface area (Å²) in [6, 6.07) is 9.23. The molecule has 0 aromatic heterocycles. The highest BCUT2D eigenvalue weighted by atomic mass is 15.2. The average molecular weight is 234 g/mol. The number of nitrogens with two attached hydrogens (primary N) is 1. The summed E-state index contributed by atoms with van der Waals surface area (Å²) in [4.78, 5) is 0. The predicted molar refractivity (Wildman–Crippen MR) is 74.7 cm³/mol. The Morgan fingerprint density at radius 2 is 1.71 bits per heavy atom. The zero-order valence-corrected chi connectivity index (χ0v) is 11.4. The lowest BCUT2D eigenvalue weighted by Gasteiger charge is -2.24. The molecule has 0 spiro atoms. The van der Waals surface area contributed by atoms with Crippen LogP contribution in [0.25, 0.3) is 0 Å². The molecule has 1 rings (SSSR count). The van der Waals surface area contributed by atoms with Crippen molar-refractivity contribution >= 4 is 0 Å². The van der Waals surface area contributed by atoms with Gasteiger partial charge in [-0.25, -0.2) is 0 Å². The second kappa shape index (κ2) is 7.46. The van der Waals surface area contributed by atoms with E-state index in [4.69, 9.17) is 5.84 Å². The second-order valence-corrected chi connectivity index (χ2v) is 4.87. The summed E-state index contributed by atoms with van der Waals surface area (Å²) < 4.78 is 0. The Balaban J connectivity index is 2.49. The standard InChI is InChI=1S/C15H26N2/c1-4-14(5-2)15(17-16)11-10-13-8-6-12(3)7-9-13/h6-9,14-15,17H,4-5,10-11,16H2,1-3H3. The fraction of sp³-hybridized carbons (Fsp3) is 0.600. The second-order valence-electron chi connectivity index (χ2n) is 4.87. The summed E-state index contributed by atoms with van der Waals surface area (Å²) in [5, 5.41) is 0. The monoisotopic (exact) mass is 234 g/mol. The summed E-state index contributed by atoms with van der Waals surface area (Å²) in [6.07, 6.45) is 4.61. The van der Waals surface area contributed by atoms with Crippen LogP contribution in [0.5, 0.6) is 0 Å². The summed E-state index contributed by atoms with van der Waals surface area (Å²) in [6.45, 7) is 6.60. The molecule has 0 radical (unpaired) electrons. The summed E-state index contributed by atoms with van der Waals surface area (Å²) in [5.74, 6) is 6.35. The highest BCUT2D eigenvalue weighted by Gasteiger charge is 2.16. The smallest absolute Gasteiger partial charge is 0.0241 e. The average Bonchev–Trinajstić information content (AvgIpc) is 2.36. The molecule has 0 fully saturated rings. The predicted octanol–water partition coefficient (Wildman–Crippen LogP) is 3.20. The van der Waals surface area contributed by atoms with Gasteiger partial charge in [-0.15, -0.1) is 0 Å². The molecule has 0 amide bonds. The van der Waals surface area contributed by atoms with E-state index in [9.17, 15) is 0 Å². The molecular formula is C15H26N2. The Kier molecular flexibility index (Phi) is 6.23. The maximum absolute atomic E-state index is 5.66. The van der Waals surface area contributed by atoms with Gasteiger partial charge < -0.3 is 0 Å². The third kappa shape index (κ3) is 4.49. The van der Waals surface area contributed by atoms with Gasteiger partial charge in [-0.05, 0) is 31.2 Å².